The molecule has 0 spiro atoms. The first-order valence-corrected chi connectivity index (χ1v) is 5.53. The molecule has 0 saturated carbocycles. The van der Waals surface area contributed by atoms with E-state index in [1.807, 2.05) is 0 Å². The second kappa shape index (κ2) is 5.41. The number of nitrogens with zero attached hydrogens (tertiary/aromatic N) is 2. The molecule has 0 aliphatic rings. The number of alkyl halides is 3. The number of hydrogen-bond donors (Lipinski definition) is 1. The van der Waals surface area contributed by atoms with Crippen molar-refractivity contribution in [2.45, 2.75) is 6.36 Å². The van der Waals surface area contributed by atoms with Crippen LogP contribution < -0.4 is 15.2 Å². The summed E-state index contributed by atoms with van der Waals surface area (Å²) in [5.41, 5.74) is 5.48. The molecule has 1 aromatic carbocycles. The fraction of sp³-hybridized carbons (Fsp3) is 0.0909. The molecule has 1 aromatic heterocycles. The lowest BCUT2D eigenvalue weighted by atomic mass is 10.3. The van der Waals surface area contributed by atoms with Crippen LogP contribution in [0.3, 0.4) is 0 Å². The summed E-state index contributed by atoms with van der Waals surface area (Å²) in [4.78, 5) is 7.29. The molecule has 0 fully saturated rings. The van der Waals surface area contributed by atoms with E-state index >= 15 is 0 Å². The normalized spacial score (nSPS) is 11.2. The Labute approximate surface area is 116 Å². The van der Waals surface area contributed by atoms with Crippen molar-refractivity contribution in [3.63, 3.8) is 0 Å². The molecule has 0 bridgehead atoms. The minimum absolute atomic E-state index is 0.0655. The average Bonchev–Trinajstić information content (AvgIpc) is 2.35. The maximum Gasteiger partial charge on any atom is 0.573 e. The summed E-state index contributed by atoms with van der Waals surface area (Å²) in [7, 11) is 0. The molecule has 2 rings (SSSR count). The van der Waals surface area contributed by atoms with Crippen LogP contribution >= 0.6 is 11.6 Å². The van der Waals surface area contributed by atoms with Crippen molar-refractivity contribution in [2.75, 3.05) is 5.73 Å². The third-order valence-corrected chi connectivity index (χ3v) is 2.38. The molecule has 0 atom stereocenters. The van der Waals surface area contributed by atoms with Gasteiger partial charge in [-0.1, -0.05) is 23.7 Å². The highest BCUT2D eigenvalue weighted by atomic mass is 35.5. The first kappa shape index (κ1) is 14.2. The fourth-order valence-electron chi connectivity index (χ4n) is 1.29. The van der Waals surface area contributed by atoms with Gasteiger partial charge in [-0.3, -0.25) is 0 Å². The molecular formula is C11H7ClF3N3O2. The van der Waals surface area contributed by atoms with Gasteiger partial charge in [-0.05, 0) is 12.1 Å². The zero-order valence-electron chi connectivity index (χ0n) is 9.69. The lowest BCUT2D eigenvalue weighted by molar-refractivity contribution is -0.275. The van der Waals surface area contributed by atoms with Crippen LogP contribution in [0.4, 0.5) is 18.9 Å². The third kappa shape index (κ3) is 3.41. The number of ether oxygens (including phenoxy) is 2. The summed E-state index contributed by atoms with van der Waals surface area (Å²) < 4.78 is 45.8. The molecule has 0 amide bonds. The summed E-state index contributed by atoms with van der Waals surface area (Å²) in [6.07, 6.45) is -3.77. The van der Waals surface area contributed by atoms with Gasteiger partial charge in [0, 0.05) is 0 Å². The van der Waals surface area contributed by atoms with E-state index in [2.05, 4.69) is 14.7 Å². The van der Waals surface area contributed by atoms with Gasteiger partial charge in [0.25, 0.3) is 0 Å². The molecule has 0 aliphatic heterocycles. The van der Waals surface area contributed by atoms with E-state index in [4.69, 9.17) is 22.1 Å². The van der Waals surface area contributed by atoms with Crippen molar-refractivity contribution in [3.8, 4) is 17.4 Å². The Bertz CT molecular complexity index is 622. The number of anilines is 1. The molecule has 1 heterocycles. The number of halogens is 4. The minimum atomic E-state index is -4.84. The molecule has 0 radical (unpaired) electrons. The third-order valence-electron chi connectivity index (χ3n) is 2.08. The summed E-state index contributed by atoms with van der Waals surface area (Å²) in [6.45, 7) is 0. The quantitative estimate of drug-likeness (QED) is 0.880. The van der Waals surface area contributed by atoms with Crippen molar-refractivity contribution in [1.82, 2.24) is 9.97 Å². The van der Waals surface area contributed by atoms with Crippen LogP contribution in [0.5, 0.6) is 17.4 Å². The number of rotatable bonds is 3. The maximum atomic E-state index is 12.3. The molecular weight excluding hydrogens is 299 g/mol. The zero-order valence-corrected chi connectivity index (χ0v) is 10.4. The van der Waals surface area contributed by atoms with E-state index in [-0.39, 0.29) is 22.5 Å². The number of para-hydroxylation sites is 2. The number of nitrogens with two attached hydrogens (primary N) is 1. The molecule has 9 heteroatoms. The van der Waals surface area contributed by atoms with Crippen LogP contribution in [0, 0.1) is 0 Å². The Morgan fingerprint density at radius 2 is 1.75 bits per heavy atom. The molecule has 106 valence electrons. The van der Waals surface area contributed by atoms with E-state index < -0.39 is 12.1 Å². The van der Waals surface area contributed by atoms with Crippen LogP contribution in [-0.2, 0) is 0 Å². The molecule has 0 aliphatic carbocycles. The second-order valence-electron chi connectivity index (χ2n) is 3.48. The summed E-state index contributed by atoms with van der Waals surface area (Å²) in [6, 6.07) is 5.21. The maximum absolute atomic E-state index is 12.3. The Kier molecular flexibility index (Phi) is 3.84. The van der Waals surface area contributed by atoms with Gasteiger partial charge in [0.15, 0.2) is 16.7 Å². The highest BCUT2D eigenvalue weighted by molar-refractivity contribution is 6.32. The van der Waals surface area contributed by atoms with Crippen molar-refractivity contribution in [3.05, 3.63) is 35.7 Å². The van der Waals surface area contributed by atoms with E-state index in [0.29, 0.717) is 0 Å². The molecule has 0 saturated heterocycles. The molecule has 20 heavy (non-hydrogen) atoms. The lowest BCUT2D eigenvalue weighted by Gasteiger charge is -2.13. The smallest absolute Gasteiger partial charge is 0.433 e. The van der Waals surface area contributed by atoms with Crippen LogP contribution in [0.15, 0.2) is 30.6 Å². The monoisotopic (exact) mass is 305 g/mol. The average molecular weight is 306 g/mol. The van der Waals surface area contributed by atoms with Gasteiger partial charge >= 0.3 is 6.36 Å². The zero-order chi connectivity index (χ0) is 14.8. The predicted molar refractivity (Wildman–Crippen MR) is 64.7 cm³/mol. The Balaban J connectivity index is 2.32. The summed E-state index contributed by atoms with van der Waals surface area (Å²) in [5.74, 6) is -0.886. The number of benzene rings is 1. The fourth-order valence-corrected chi connectivity index (χ4v) is 1.41. The minimum Gasteiger partial charge on any atom is -0.433 e. The van der Waals surface area contributed by atoms with Gasteiger partial charge in [0.2, 0.25) is 5.88 Å². The predicted octanol–water partition coefficient (Wildman–Crippen LogP) is 3.40. The molecule has 0 unspecified atom stereocenters. The van der Waals surface area contributed by atoms with E-state index in [9.17, 15) is 13.2 Å². The van der Waals surface area contributed by atoms with Crippen molar-refractivity contribution >= 4 is 17.3 Å². The van der Waals surface area contributed by atoms with Gasteiger partial charge in [0.05, 0.1) is 0 Å². The standard InChI is InChI=1S/C11H7ClF3N3O2/c12-9-8(16)10(18-5-17-9)19-6-3-1-2-4-7(6)20-11(13,14)15/h1-5H,16H2. The van der Waals surface area contributed by atoms with E-state index in [1.165, 1.54) is 18.2 Å². The first-order chi connectivity index (χ1) is 9.37. The topological polar surface area (TPSA) is 70.3 Å². The number of aromatic nitrogens is 2. The van der Waals surface area contributed by atoms with Gasteiger partial charge in [0.1, 0.15) is 12.0 Å². The molecule has 2 aromatic rings. The number of nitrogen functional groups attached to an aromatic ring is 1. The van der Waals surface area contributed by atoms with Crippen LogP contribution in [0.1, 0.15) is 0 Å². The molecule has 2 N–H and O–H groups in total. The Morgan fingerprint density at radius 3 is 2.40 bits per heavy atom. The van der Waals surface area contributed by atoms with Gasteiger partial charge < -0.3 is 15.2 Å². The van der Waals surface area contributed by atoms with Gasteiger partial charge in [-0.15, -0.1) is 13.2 Å². The van der Waals surface area contributed by atoms with Crippen molar-refractivity contribution < 1.29 is 22.6 Å². The lowest BCUT2D eigenvalue weighted by Crippen LogP contribution is -2.17. The second-order valence-corrected chi connectivity index (χ2v) is 3.84. The van der Waals surface area contributed by atoms with Gasteiger partial charge in [-0.25, -0.2) is 4.98 Å². The van der Waals surface area contributed by atoms with Crippen molar-refractivity contribution in [1.29, 1.82) is 0 Å². The largest absolute Gasteiger partial charge is 0.573 e. The Morgan fingerprint density at radius 1 is 1.10 bits per heavy atom. The number of hydrogen-bond acceptors (Lipinski definition) is 5. The summed E-state index contributed by atoms with van der Waals surface area (Å²) in [5, 5.41) is -0.0655. The van der Waals surface area contributed by atoms with E-state index in [1.54, 1.807) is 0 Å². The van der Waals surface area contributed by atoms with Crippen LogP contribution in [0.25, 0.3) is 0 Å². The highest BCUT2D eigenvalue weighted by Gasteiger charge is 2.32. The molecule has 5 nitrogen and oxygen atoms in total. The Hall–Kier alpha value is -2.22. The van der Waals surface area contributed by atoms with E-state index in [0.717, 1.165) is 12.4 Å². The van der Waals surface area contributed by atoms with Gasteiger partial charge in [-0.2, -0.15) is 4.98 Å². The first-order valence-electron chi connectivity index (χ1n) is 5.15. The summed E-state index contributed by atoms with van der Waals surface area (Å²) >= 11 is 5.66. The van der Waals surface area contributed by atoms with Crippen LogP contribution in [-0.4, -0.2) is 16.3 Å². The van der Waals surface area contributed by atoms with Crippen molar-refractivity contribution in [2.24, 2.45) is 0 Å². The van der Waals surface area contributed by atoms with Crippen LogP contribution in [0.2, 0.25) is 5.15 Å². The SMILES string of the molecule is Nc1c(Cl)ncnc1Oc1ccccc1OC(F)(F)F. The highest BCUT2D eigenvalue weighted by Crippen LogP contribution is 2.36.